The largest absolute Gasteiger partial charge is 0.369 e. The molecule has 2 atom stereocenters. The lowest BCUT2D eigenvalue weighted by atomic mass is 9.47. The first kappa shape index (κ1) is 18.3. The Morgan fingerprint density at radius 2 is 1.93 bits per heavy atom. The summed E-state index contributed by atoms with van der Waals surface area (Å²) in [5, 5.41) is 7.69. The number of nitrogens with zero attached hydrogens (tertiary/aromatic N) is 3. The molecule has 1 aromatic heterocycles. The van der Waals surface area contributed by atoms with Gasteiger partial charge in [-0.1, -0.05) is 0 Å². The third kappa shape index (κ3) is 2.91. The number of anilines is 1. The minimum Gasteiger partial charge on any atom is -0.369 e. The van der Waals surface area contributed by atoms with E-state index in [1.54, 1.807) is 4.68 Å². The Kier molecular flexibility index (Phi) is 4.24. The van der Waals surface area contributed by atoms with Gasteiger partial charge in [0.25, 0.3) is 5.91 Å². The second-order valence-electron chi connectivity index (χ2n) is 9.33. The summed E-state index contributed by atoms with van der Waals surface area (Å²) in [6.07, 6.45) is 4.79. The van der Waals surface area contributed by atoms with Crippen molar-refractivity contribution in [2.75, 3.05) is 11.9 Å². The van der Waals surface area contributed by atoms with Crippen LogP contribution in [-0.4, -0.2) is 40.7 Å². The molecule has 2 unspecified atom stereocenters. The number of aryl methyl sites for hydroxylation is 1. The number of amides is 2. The number of aromatic nitrogens is 2. The van der Waals surface area contributed by atoms with Crippen molar-refractivity contribution < 1.29 is 9.59 Å². The van der Waals surface area contributed by atoms with Gasteiger partial charge in [-0.2, -0.15) is 5.10 Å². The molecule has 7 heteroatoms. The van der Waals surface area contributed by atoms with Gasteiger partial charge in [-0.25, -0.2) is 0 Å². The maximum atomic E-state index is 12.9. The van der Waals surface area contributed by atoms with Crippen LogP contribution in [0, 0.1) is 23.2 Å². The number of nitrogens with two attached hydrogens (primary N) is 1. The Morgan fingerprint density at radius 3 is 2.48 bits per heavy atom. The summed E-state index contributed by atoms with van der Waals surface area (Å²) in [6.45, 7) is 4.21. The van der Waals surface area contributed by atoms with Gasteiger partial charge < -0.3 is 16.0 Å². The molecule has 7 nitrogen and oxygen atoms in total. The smallest absolute Gasteiger partial charge is 0.272 e. The molecule has 2 amide bonds. The molecule has 0 radical (unpaired) electrons. The predicted octanol–water partition coefficient (Wildman–Crippen LogP) is 1.67. The SMILES string of the molecule is CC(C)N(C)c1cc(C(=O)N[C@H]2C3CC4CC2C[C@](C(N)=O)(C4)C3)nn1C. The lowest BCUT2D eigenvalue weighted by Crippen LogP contribution is -2.62. The second-order valence-corrected chi connectivity index (χ2v) is 9.33. The van der Waals surface area contributed by atoms with E-state index in [1.165, 1.54) is 0 Å². The lowest BCUT2D eigenvalue weighted by molar-refractivity contribution is -0.145. The molecule has 4 bridgehead atoms. The fourth-order valence-electron chi connectivity index (χ4n) is 5.95. The summed E-state index contributed by atoms with van der Waals surface area (Å²) < 4.78 is 1.76. The van der Waals surface area contributed by atoms with Crippen molar-refractivity contribution in [1.29, 1.82) is 0 Å². The highest BCUT2D eigenvalue weighted by atomic mass is 16.2. The molecule has 5 rings (SSSR count). The molecular weight excluding hydrogens is 342 g/mol. The third-order valence-corrected chi connectivity index (χ3v) is 7.32. The Balaban J connectivity index is 1.50. The number of nitrogens with one attached hydrogen (secondary N) is 1. The number of hydrogen-bond acceptors (Lipinski definition) is 4. The normalized spacial score (nSPS) is 34.1. The van der Waals surface area contributed by atoms with Gasteiger partial charge in [-0.15, -0.1) is 0 Å². The molecule has 0 aliphatic heterocycles. The second kappa shape index (κ2) is 6.24. The van der Waals surface area contributed by atoms with E-state index in [0.717, 1.165) is 37.9 Å². The molecule has 1 aromatic rings. The van der Waals surface area contributed by atoms with E-state index in [1.807, 2.05) is 20.2 Å². The fraction of sp³-hybridized carbons (Fsp3) is 0.750. The summed E-state index contributed by atoms with van der Waals surface area (Å²) in [4.78, 5) is 27.1. The number of carbonyl (C=O) groups is 2. The molecule has 4 aliphatic carbocycles. The van der Waals surface area contributed by atoms with Crippen LogP contribution in [0.2, 0.25) is 0 Å². The maximum Gasteiger partial charge on any atom is 0.272 e. The zero-order valence-electron chi connectivity index (χ0n) is 16.7. The highest BCUT2D eigenvalue weighted by molar-refractivity contribution is 5.93. The van der Waals surface area contributed by atoms with Crippen LogP contribution >= 0.6 is 0 Å². The Bertz CT molecular complexity index is 754. The van der Waals surface area contributed by atoms with Gasteiger partial charge >= 0.3 is 0 Å². The van der Waals surface area contributed by atoms with E-state index in [4.69, 9.17) is 5.73 Å². The molecule has 0 aromatic carbocycles. The standard InChI is InChI=1S/C20H31N5O2/c1-11(2)24(3)16-7-15(23-25(16)4)18(26)22-17-13-5-12-6-14(17)10-20(8-12,9-13)19(21)27/h7,11-14,17H,5-6,8-10H2,1-4H3,(H2,21,27)(H,22,26)/t12?,13?,14?,17-,20-. The van der Waals surface area contributed by atoms with Crippen LogP contribution < -0.4 is 16.0 Å². The van der Waals surface area contributed by atoms with Gasteiger partial charge in [0.2, 0.25) is 5.91 Å². The topological polar surface area (TPSA) is 93.2 Å². The molecule has 148 valence electrons. The van der Waals surface area contributed by atoms with Crippen molar-refractivity contribution in [3.05, 3.63) is 11.8 Å². The minimum absolute atomic E-state index is 0.111. The van der Waals surface area contributed by atoms with Gasteiger partial charge in [0.15, 0.2) is 5.69 Å². The lowest BCUT2D eigenvalue weighted by Gasteiger charge is -2.58. The molecule has 4 aliphatic rings. The summed E-state index contributed by atoms with van der Waals surface area (Å²) in [5.74, 6) is 1.97. The summed E-state index contributed by atoms with van der Waals surface area (Å²) in [5.41, 5.74) is 5.89. The van der Waals surface area contributed by atoms with Crippen molar-refractivity contribution in [3.8, 4) is 0 Å². The zero-order chi connectivity index (χ0) is 19.5. The third-order valence-electron chi connectivity index (χ3n) is 7.32. The quantitative estimate of drug-likeness (QED) is 0.821. The van der Waals surface area contributed by atoms with Crippen LogP contribution in [-0.2, 0) is 11.8 Å². The van der Waals surface area contributed by atoms with Crippen LogP contribution in [0.25, 0.3) is 0 Å². The van der Waals surface area contributed by atoms with Crippen molar-refractivity contribution in [2.24, 2.45) is 36.0 Å². The monoisotopic (exact) mass is 373 g/mol. The van der Waals surface area contributed by atoms with Crippen molar-refractivity contribution in [2.45, 2.75) is 58.0 Å². The van der Waals surface area contributed by atoms with Gasteiger partial charge in [-0.3, -0.25) is 14.3 Å². The van der Waals surface area contributed by atoms with E-state index < -0.39 is 0 Å². The minimum atomic E-state index is -0.324. The van der Waals surface area contributed by atoms with Crippen LogP contribution in [0.15, 0.2) is 6.07 Å². The number of rotatable bonds is 5. The molecular formula is C20H31N5O2. The molecule has 0 spiro atoms. The molecule has 4 saturated carbocycles. The maximum absolute atomic E-state index is 12.9. The van der Waals surface area contributed by atoms with E-state index in [2.05, 4.69) is 29.2 Å². The average Bonchev–Trinajstić information content (AvgIpc) is 2.98. The van der Waals surface area contributed by atoms with Gasteiger partial charge in [0.1, 0.15) is 5.82 Å². The number of hydrogen-bond donors (Lipinski definition) is 2. The summed E-state index contributed by atoms with van der Waals surface area (Å²) in [7, 11) is 3.87. The van der Waals surface area contributed by atoms with E-state index in [9.17, 15) is 9.59 Å². The van der Waals surface area contributed by atoms with Crippen LogP contribution in [0.4, 0.5) is 5.82 Å². The first-order valence-corrected chi connectivity index (χ1v) is 10.1. The van der Waals surface area contributed by atoms with E-state index >= 15 is 0 Å². The zero-order valence-corrected chi connectivity index (χ0v) is 16.7. The molecule has 27 heavy (non-hydrogen) atoms. The highest BCUT2D eigenvalue weighted by Crippen LogP contribution is 2.59. The van der Waals surface area contributed by atoms with E-state index in [0.29, 0.717) is 29.5 Å². The van der Waals surface area contributed by atoms with Crippen LogP contribution in [0.5, 0.6) is 0 Å². The van der Waals surface area contributed by atoms with Crippen LogP contribution in [0.1, 0.15) is 56.4 Å². The first-order valence-electron chi connectivity index (χ1n) is 10.1. The Hall–Kier alpha value is -2.05. The molecule has 1 heterocycles. The number of carbonyl (C=O) groups excluding carboxylic acids is 2. The van der Waals surface area contributed by atoms with Gasteiger partial charge in [-0.05, 0) is 63.7 Å². The van der Waals surface area contributed by atoms with Crippen molar-refractivity contribution in [1.82, 2.24) is 15.1 Å². The Labute approximate surface area is 160 Å². The fourth-order valence-corrected chi connectivity index (χ4v) is 5.95. The number of primary amides is 1. The van der Waals surface area contributed by atoms with Crippen molar-refractivity contribution in [3.63, 3.8) is 0 Å². The van der Waals surface area contributed by atoms with Crippen LogP contribution in [0.3, 0.4) is 0 Å². The van der Waals surface area contributed by atoms with Gasteiger partial charge in [0.05, 0.1) is 0 Å². The first-order chi connectivity index (χ1) is 12.7. The predicted molar refractivity (Wildman–Crippen MR) is 103 cm³/mol. The van der Waals surface area contributed by atoms with Crippen molar-refractivity contribution >= 4 is 17.6 Å². The summed E-state index contributed by atoms with van der Waals surface area (Å²) >= 11 is 0. The summed E-state index contributed by atoms with van der Waals surface area (Å²) in [6, 6.07) is 2.32. The molecule has 3 N–H and O–H groups in total. The molecule has 4 fully saturated rings. The molecule has 0 saturated heterocycles. The Morgan fingerprint density at radius 1 is 1.30 bits per heavy atom. The highest BCUT2D eigenvalue weighted by Gasteiger charge is 2.58. The van der Waals surface area contributed by atoms with E-state index in [-0.39, 0.29) is 23.3 Å². The van der Waals surface area contributed by atoms with Gasteiger partial charge in [0, 0.05) is 37.7 Å². The average molecular weight is 374 g/mol.